The lowest BCUT2D eigenvalue weighted by Crippen LogP contribution is -2.30. The molecule has 0 spiro atoms. The number of esters is 3. The first-order chi connectivity index (χ1) is 41.0. The smallest absolute Gasteiger partial charge is 0.306 e. The summed E-state index contributed by atoms with van der Waals surface area (Å²) in [5, 5.41) is 0. The largest absolute Gasteiger partial charge is 0.462 e. The van der Waals surface area contributed by atoms with Gasteiger partial charge in [-0.1, -0.05) is 304 Å². The van der Waals surface area contributed by atoms with E-state index in [4.69, 9.17) is 14.2 Å². The third kappa shape index (κ3) is 68.7. The fourth-order valence-corrected chi connectivity index (χ4v) is 9.94. The molecule has 0 bridgehead atoms. The highest BCUT2D eigenvalue weighted by Crippen LogP contribution is 2.17. The summed E-state index contributed by atoms with van der Waals surface area (Å²) in [5.41, 5.74) is 0. The van der Waals surface area contributed by atoms with Gasteiger partial charge in [-0.05, 0) is 128 Å². The first-order valence-corrected chi connectivity index (χ1v) is 35.4. The lowest BCUT2D eigenvalue weighted by molar-refractivity contribution is -0.167. The molecule has 1 unspecified atom stereocenters. The van der Waals surface area contributed by atoms with Crippen LogP contribution in [0.4, 0.5) is 0 Å². The Morgan fingerprint density at radius 3 is 0.747 bits per heavy atom. The van der Waals surface area contributed by atoms with Gasteiger partial charge < -0.3 is 14.2 Å². The normalized spacial score (nSPS) is 12.8. The maximum atomic E-state index is 13.0. The molecule has 1 atom stereocenters. The summed E-state index contributed by atoms with van der Waals surface area (Å²) >= 11 is 0. The molecule has 0 saturated carbocycles. The van der Waals surface area contributed by atoms with Gasteiger partial charge in [0.15, 0.2) is 6.10 Å². The van der Waals surface area contributed by atoms with Gasteiger partial charge in [0, 0.05) is 19.3 Å². The Balaban J connectivity index is 4.37. The van der Waals surface area contributed by atoms with E-state index >= 15 is 0 Å². The number of allylic oxidation sites excluding steroid dienone is 18. The highest BCUT2D eigenvalue weighted by atomic mass is 16.6. The van der Waals surface area contributed by atoms with Crippen LogP contribution in [-0.2, 0) is 28.6 Å². The van der Waals surface area contributed by atoms with Gasteiger partial charge in [-0.15, -0.1) is 0 Å². The van der Waals surface area contributed by atoms with Gasteiger partial charge in [0.25, 0.3) is 0 Å². The fourth-order valence-electron chi connectivity index (χ4n) is 9.94. The van der Waals surface area contributed by atoms with Crippen LogP contribution in [0.2, 0.25) is 0 Å². The Labute approximate surface area is 514 Å². The van der Waals surface area contributed by atoms with Crippen molar-refractivity contribution in [2.45, 2.75) is 348 Å². The van der Waals surface area contributed by atoms with Gasteiger partial charge in [-0.3, -0.25) is 14.4 Å². The van der Waals surface area contributed by atoms with Crippen LogP contribution in [0.15, 0.2) is 109 Å². The van der Waals surface area contributed by atoms with E-state index < -0.39 is 6.10 Å². The van der Waals surface area contributed by atoms with E-state index in [0.717, 1.165) is 122 Å². The van der Waals surface area contributed by atoms with Crippen LogP contribution in [0, 0.1) is 0 Å². The second-order valence-electron chi connectivity index (χ2n) is 23.4. The van der Waals surface area contributed by atoms with Crippen molar-refractivity contribution in [1.29, 1.82) is 0 Å². The lowest BCUT2D eigenvalue weighted by Gasteiger charge is -2.18. The van der Waals surface area contributed by atoms with Crippen LogP contribution in [-0.4, -0.2) is 37.2 Å². The molecule has 6 nitrogen and oxygen atoms in total. The second-order valence-corrected chi connectivity index (χ2v) is 23.4. The monoisotopic (exact) mass is 1150 g/mol. The van der Waals surface area contributed by atoms with Crippen molar-refractivity contribution >= 4 is 17.9 Å². The van der Waals surface area contributed by atoms with Gasteiger partial charge in [0.05, 0.1) is 0 Å². The van der Waals surface area contributed by atoms with Crippen LogP contribution >= 0.6 is 0 Å². The minimum absolute atomic E-state index is 0.0866. The van der Waals surface area contributed by atoms with Gasteiger partial charge in [0.2, 0.25) is 0 Å². The summed E-state index contributed by atoms with van der Waals surface area (Å²) < 4.78 is 17.0. The molecule has 0 aromatic rings. The van der Waals surface area contributed by atoms with E-state index in [9.17, 15) is 14.4 Å². The summed E-state index contributed by atoms with van der Waals surface area (Å²) in [6.45, 7) is 6.53. The van der Waals surface area contributed by atoms with Crippen molar-refractivity contribution in [1.82, 2.24) is 0 Å². The Bertz CT molecular complexity index is 1660. The molecule has 0 aromatic heterocycles. The molecule has 0 radical (unpaired) electrons. The molecular formula is C77H132O6. The lowest BCUT2D eigenvalue weighted by atomic mass is 10.0. The number of hydrogen-bond donors (Lipinski definition) is 0. The summed E-state index contributed by atoms with van der Waals surface area (Å²) in [5.74, 6) is -0.897. The predicted octanol–water partition coefficient (Wildman–Crippen LogP) is 24.6. The first kappa shape index (κ1) is 79.1. The molecule has 0 N–H and O–H groups in total. The molecular weight excluding hydrogens is 1020 g/mol. The number of ether oxygens (including phenoxy) is 3. The molecule has 0 aliphatic heterocycles. The number of rotatable bonds is 64. The Morgan fingerprint density at radius 2 is 0.470 bits per heavy atom. The van der Waals surface area contributed by atoms with Crippen LogP contribution in [0.5, 0.6) is 0 Å². The van der Waals surface area contributed by atoms with E-state index in [1.165, 1.54) is 180 Å². The fraction of sp³-hybridized carbons (Fsp3) is 0.727. The zero-order chi connectivity index (χ0) is 59.9. The van der Waals surface area contributed by atoms with Crippen molar-refractivity contribution in [3.8, 4) is 0 Å². The Kier molecular flexibility index (Phi) is 67.2. The van der Waals surface area contributed by atoms with Crippen molar-refractivity contribution in [2.75, 3.05) is 13.2 Å². The molecule has 0 aliphatic carbocycles. The number of carbonyl (C=O) groups is 3. The summed E-state index contributed by atoms with van der Waals surface area (Å²) in [6.07, 6.45) is 96.8. The average Bonchev–Trinajstić information content (AvgIpc) is 3.49. The van der Waals surface area contributed by atoms with Crippen LogP contribution in [0.1, 0.15) is 342 Å². The third-order valence-corrected chi connectivity index (χ3v) is 15.2. The van der Waals surface area contributed by atoms with Crippen molar-refractivity contribution in [2.24, 2.45) is 0 Å². The van der Waals surface area contributed by atoms with Crippen molar-refractivity contribution in [3.63, 3.8) is 0 Å². The van der Waals surface area contributed by atoms with Gasteiger partial charge in [-0.25, -0.2) is 0 Å². The molecule has 0 saturated heterocycles. The molecule has 0 heterocycles. The van der Waals surface area contributed by atoms with E-state index in [1.54, 1.807) is 0 Å². The average molecular weight is 1150 g/mol. The maximum absolute atomic E-state index is 13.0. The van der Waals surface area contributed by atoms with E-state index in [-0.39, 0.29) is 31.1 Å². The standard InChI is InChI=1S/C77H132O6/c1-4-7-10-13-16-19-22-25-28-30-32-34-36-38-40-42-44-46-49-52-55-58-61-64-67-70-76(79)82-73-74(72-81-75(78)69-66-63-60-57-54-51-48-27-24-21-18-15-12-9-6-3)83-77(80)71-68-65-62-59-56-53-50-47-45-43-41-39-37-35-33-31-29-26-23-20-17-14-11-8-5-2/h7,10,16,19,23,25-28,31-34,38,40,44,46,48,74H,4-6,8-9,11-15,17-18,20-22,24,29-30,35-37,39,41-43,45,47,49-73H2,1-3H3/b10-7-,19-16-,26-23-,28-25-,33-31-,34-32-,40-38-,46-44-,48-27-. The Hall–Kier alpha value is -3.93. The molecule has 0 amide bonds. The van der Waals surface area contributed by atoms with Crippen LogP contribution in [0.25, 0.3) is 0 Å². The van der Waals surface area contributed by atoms with Crippen molar-refractivity contribution in [3.05, 3.63) is 109 Å². The first-order valence-electron chi connectivity index (χ1n) is 35.4. The zero-order valence-corrected chi connectivity index (χ0v) is 54.7. The predicted molar refractivity (Wildman–Crippen MR) is 362 cm³/mol. The summed E-state index contributed by atoms with van der Waals surface area (Å²) in [4.78, 5) is 38.5. The molecule has 0 rings (SSSR count). The van der Waals surface area contributed by atoms with Gasteiger partial charge in [-0.2, -0.15) is 0 Å². The van der Waals surface area contributed by atoms with E-state index in [1.807, 2.05) is 0 Å². The summed E-state index contributed by atoms with van der Waals surface area (Å²) in [7, 11) is 0. The molecule has 0 fully saturated rings. The molecule has 83 heavy (non-hydrogen) atoms. The molecule has 0 aliphatic rings. The zero-order valence-electron chi connectivity index (χ0n) is 54.7. The van der Waals surface area contributed by atoms with Gasteiger partial charge in [0.1, 0.15) is 13.2 Å². The summed E-state index contributed by atoms with van der Waals surface area (Å²) in [6, 6.07) is 0. The van der Waals surface area contributed by atoms with E-state index in [0.29, 0.717) is 19.3 Å². The van der Waals surface area contributed by atoms with Crippen molar-refractivity contribution < 1.29 is 28.6 Å². The maximum Gasteiger partial charge on any atom is 0.306 e. The minimum atomic E-state index is -0.792. The minimum Gasteiger partial charge on any atom is -0.462 e. The quantitative estimate of drug-likeness (QED) is 0.0261. The SMILES string of the molecule is CC/C=C\C/C=C\C/C=C\C/C=C\C/C=C\C/C=C\CCCCCCCCC(=O)OCC(COC(=O)CCCCCCC/C=C\CCCCCCCC)OC(=O)CCCCCCCCCCCCCCC/C=C\C/C=C\CCCCCCC. The highest BCUT2D eigenvalue weighted by molar-refractivity contribution is 5.71. The number of unbranched alkanes of at least 4 members (excludes halogenated alkanes) is 35. The van der Waals surface area contributed by atoms with E-state index in [2.05, 4.69) is 130 Å². The molecule has 6 heteroatoms. The molecule has 0 aromatic carbocycles. The van der Waals surface area contributed by atoms with Crippen LogP contribution < -0.4 is 0 Å². The highest BCUT2D eigenvalue weighted by Gasteiger charge is 2.19. The van der Waals surface area contributed by atoms with Crippen LogP contribution in [0.3, 0.4) is 0 Å². The number of carbonyl (C=O) groups excluding carboxylic acids is 3. The number of hydrogen-bond acceptors (Lipinski definition) is 6. The second kappa shape index (κ2) is 70.6. The topological polar surface area (TPSA) is 78.9 Å². The van der Waals surface area contributed by atoms with Gasteiger partial charge >= 0.3 is 17.9 Å². The Morgan fingerprint density at radius 1 is 0.253 bits per heavy atom. The third-order valence-electron chi connectivity index (χ3n) is 15.2. The molecule has 476 valence electrons.